The highest BCUT2D eigenvalue weighted by atomic mass is 32.2. The highest BCUT2D eigenvalue weighted by Crippen LogP contribution is 2.33. The number of piperazine rings is 1. The summed E-state index contributed by atoms with van der Waals surface area (Å²) in [5, 5.41) is 2.67. The number of amides is 2. The van der Waals surface area contributed by atoms with Crippen LogP contribution in [0, 0.1) is 0 Å². The molecule has 0 saturated carbocycles. The van der Waals surface area contributed by atoms with Crippen LogP contribution < -0.4 is 14.8 Å². The van der Waals surface area contributed by atoms with Gasteiger partial charge in [0.2, 0.25) is 15.9 Å². The van der Waals surface area contributed by atoms with E-state index in [1.54, 1.807) is 31.1 Å². The number of benzene rings is 2. The summed E-state index contributed by atoms with van der Waals surface area (Å²) in [6.45, 7) is 2.52. The summed E-state index contributed by atoms with van der Waals surface area (Å²) >= 11 is 0. The zero-order chi connectivity index (χ0) is 23.6. The summed E-state index contributed by atoms with van der Waals surface area (Å²) in [4.78, 5) is 26.1. The van der Waals surface area contributed by atoms with Gasteiger partial charge in [-0.3, -0.25) is 9.59 Å². The molecule has 1 saturated heterocycles. The van der Waals surface area contributed by atoms with Crippen molar-refractivity contribution in [2.45, 2.75) is 17.9 Å². The van der Waals surface area contributed by atoms with Crippen molar-refractivity contribution < 1.29 is 27.5 Å². The van der Waals surface area contributed by atoms with Crippen molar-refractivity contribution in [2.75, 3.05) is 38.6 Å². The van der Waals surface area contributed by atoms with Crippen molar-refractivity contribution in [3.05, 3.63) is 54.1 Å². The summed E-state index contributed by atoms with van der Waals surface area (Å²) in [5.74, 6) is 0.572. The molecule has 1 fully saturated rings. The molecule has 2 aromatic carbocycles. The lowest BCUT2D eigenvalue weighted by atomic mass is 10.2. The Morgan fingerprint density at radius 1 is 1.15 bits per heavy atom. The number of ether oxygens (including phenoxy) is 2. The summed E-state index contributed by atoms with van der Waals surface area (Å²) in [5.41, 5.74) is 1.11. The molecule has 33 heavy (non-hydrogen) atoms. The van der Waals surface area contributed by atoms with Crippen molar-refractivity contribution in [2.24, 2.45) is 0 Å². The number of sulfonamides is 1. The van der Waals surface area contributed by atoms with Crippen molar-refractivity contribution in [3.63, 3.8) is 0 Å². The molecular formula is C23H25N3O6S. The van der Waals surface area contributed by atoms with Crippen molar-refractivity contribution in [1.82, 2.24) is 9.21 Å². The van der Waals surface area contributed by atoms with Gasteiger partial charge in [0.25, 0.3) is 5.91 Å². The Labute approximate surface area is 192 Å². The van der Waals surface area contributed by atoms with Gasteiger partial charge in [0.05, 0.1) is 17.7 Å². The fourth-order valence-electron chi connectivity index (χ4n) is 3.72. The molecular weight excluding hydrogens is 446 g/mol. The Bertz CT molecular complexity index is 1200. The Balaban J connectivity index is 1.41. The van der Waals surface area contributed by atoms with Crippen LogP contribution in [0.4, 0.5) is 5.69 Å². The minimum Gasteiger partial charge on any atom is -0.496 e. The quantitative estimate of drug-likeness (QED) is 0.669. The number of fused-ring (bicyclic) bond motifs is 1. The van der Waals surface area contributed by atoms with Crippen molar-refractivity contribution >= 4 is 33.6 Å². The molecule has 10 heteroatoms. The van der Waals surface area contributed by atoms with Crippen LogP contribution in [-0.2, 0) is 19.6 Å². The van der Waals surface area contributed by atoms with Crippen LogP contribution in [0.3, 0.4) is 0 Å². The summed E-state index contributed by atoms with van der Waals surface area (Å²) in [7, 11) is -2.22. The Morgan fingerprint density at radius 3 is 2.61 bits per heavy atom. The fourth-order valence-corrected chi connectivity index (χ4v) is 5.17. The number of carbonyl (C=O) groups excluding carboxylic acids is 2. The van der Waals surface area contributed by atoms with E-state index in [1.807, 2.05) is 24.3 Å². The number of rotatable bonds is 5. The normalized spacial score (nSPS) is 19.0. The number of methoxy groups -OCH3 is 1. The predicted octanol–water partition coefficient (Wildman–Crippen LogP) is 1.96. The Hall–Kier alpha value is -3.37. The van der Waals surface area contributed by atoms with Gasteiger partial charge in [-0.2, -0.15) is 4.31 Å². The van der Waals surface area contributed by atoms with E-state index < -0.39 is 16.1 Å². The first kappa shape index (κ1) is 22.8. The predicted molar refractivity (Wildman–Crippen MR) is 123 cm³/mol. The topological polar surface area (TPSA) is 105 Å². The number of hydrogen-bond acceptors (Lipinski definition) is 6. The summed E-state index contributed by atoms with van der Waals surface area (Å²) in [6, 6.07) is 11.8. The van der Waals surface area contributed by atoms with Gasteiger partial charge < -0.3 is 19.7 Å². The third-order valence-corrected chi connectivity index (χ3v) is 7.51. The average Bonchev–Trinajstić information content (AvgIpc) is 2.83. The van der Waals surface area contributed by atoms with Gasteiger partial charge in [-0.15, -0.1) is 0 Å². The van der Waals surface area contributed by atoms with Gasteiger partial charge in [-0.1, -0.05) is 18.2 Å². The van der Waals surface area contributed by atoms with E-state index in [-0.39, 0.29) is 42.9 Å². The monoisotopic (exact) mass is 471 g/mol. The molecule has 9 nitrogen and oxygen atoms in total. The van der Waals surface area contributed by atoms with E-state index in [2.05, 4.69) is 5.32 Å². The Morgan fingerprint density at radius 2 is 1.88 bits per heavy atom. The van der Waals surface area contributed by atoms with Gasteiger partial charge in [0.1, 0.15) is 11.5 Å². The summed E-state index contributed by atoms with van der Waals surface area (Å²) < 4.78 is 38.3. The number of hydrogen-bond donors (Lipinski definition) is 1. The van der Waals surface area contributed by atoms with Gasteiger partial charge in [0.15, 0.2) is 6.10 Å². The average molecular weight is 472 g/mol. The number of para-hydroxylation sites is 1. The molecule has 2 aliphatic heterocycles. The lowest BCUT2D eigenvalue weighted by Gasteiger charge is -2.33. The molecule has 2 aliphatic rings. The summed E-state index contributed by atoms with van der Waals surface area (Å²) in [6.07, 6.45) is 2.52. The minimum atomic E-state index is -3.79. The molecule has 4 rings (SSSR count). The number of carbonyl (C=O) groups is 2. The van der Waals surface area contributed by atoms with Crippen molar-refractivity contribution in [1.29, 1.82) is 0 Å². The molecule has 1 N–H and O–H groups in total. The number of anilines is 1. The van der Waals surface area contributed by atoms with E-state index in [0.717, 1.165) is 5.56 Å². The second-order valence-electron chi connectivity index (χ2n) is 7.71. The molecule has 2 heterocycles. The minimum absolute atomic E-state index is 0.0653. The highest BCUT2D eigenvalue weighted by Gasteiger charge is 2.31. The first-order valence-electron chi connectivity index (χ1n) is 10.5. The van der Waals surface area contributed by atoms with Crippen LogP contribution in [0.1, 0.15) is 12.5 Å². The molecule has 2 amide bonds. The molecule has 0 unspecified atom stereocenters. The molecule has 0 aliphatic carbocycles. The SMILES string of the molecule is COc1ccccc1/C=C/C(=O)N1CCN(S(=O)(=O)c2ccc3c(c2)NC(=O)[C@@H](C)O3)CC1. The first-order valence-corrected chi connectivity index (χ1v) is 12.0. The van der Waals surface area contributed by atoms with E-state index in [9.17, 15) is 18.0 Å². The van der Waals surface area contributed by atoms with E-state index in [1.165, 1.54) is 22.5 Å². The number of nitrogens with zero attached hydrogens (tertiary/aromatic N) is 2. The van der Waals surface area contributed by atoms with Crippen LogP contribution in [0.15, 0.2) is 53.4 Å². The van der Waals surface area contributed by atoms with Crippen LogP contribution in [0.25, 0.3) is 6.08 Å². The van der Waals surface area contributed by atoms with Crippen LogP contribution >= 0.6 is 0 Å². The van der Waals surface area contributed by atoms with Gasteiger partial charge >= 0.3 is 0 Å². The van der Waals surface area contributed by atoms with E-state index in [0.29, 0.717) is 17.2 Å². The zero-order valence-electron chi connectivity index (χ0n) is 18.4. The second-order valence-corrected chi connectivity index (χ2v) is 9.65. The number of nitrogens with one attached hydrogen (secondary N) is 1. The third-order valence-electron chi connectivity index (χ3n) is 5.61. The molecule has 0 aromatic heterocycles. The largest absolute Gasteiger partial charge is 0.496 e. The van der Waals surface area contributed by atoms with Gasteiger partial charge in [-0.05, 0) is 37.3 Å². The van der Waals surface area contributed by atoms with E-state index >= 15 is 0 Å². The van der Waals surface area contributed by atoms with Crippen LogP contribution in [0.2, 0.25) is 0 Å². The van der Waals surface area contributed by atoms with Gasteiger partial charge in [-0.25, -0.2) is 8.42 Å². The van der Waals surface area contributed by atoms with Crippen LogP contribution in [0.5, 0.6) is 11.5 Å². The van der Waals surface area contributed by atoms with Crippen molar-refractivity contribution in [3.8, 4) is 11.5 Å². The lowest BCUT2D eigenvalue weighted by molar-refractivity contribution is -0.127. The van der Waals surface area contributed by atoms with Gasteiger partial charge in [0, 0.05) is 37.8 Å². The van der Waals surface area contributed by atoms with Crippen LogP contribution in [-0.4, -0.2) is 68.8 Å². The second kappa shape index (κ2) is 9.24. The molecule has 0 bridgehead atoms. The molecule has 2 aromatic rings. The lowest BCUT2D eigenvalue weighted by Crippen LogP contribution is -2.50. The molecule has 174 valence electrons. The molecule has 0 spiro atoms. The smallest absolute Gasteiger partial charge is 0.265 e. The fraction of sp³-hybridized carbons (Fsp3) is 0.304. The maximum atomic E-state index is 13.1. The Kier molecular flexibility index (Phi) is 6.39. The maximum Gasteiger partial charge on any atom is 0.265 e. The third kappa shape index (κ3) is 4.71. The molecule has 0 radical (unpaired) electrons. The van der Waals surface area contributed by atoms with E-state index in [4.69, 9.17) is 9.47 Å². The zero-order valence-corrected chi connectivity index (χ0v) is 19.2. The standard InChI is InChI=1S/C23H25N3O6S/c1-16-23(28)24-19-15-18(8-9-21(19)32-16)33(29,30)26-13-11-25(12-14-26)22(27)10-7-17-5-3-4-6-20(17)31-2/h3-10,15-16H,11-14H2,1-2H3,(H,24,28)/b10-7+/t16-/m1/s1. The maximum absolute atomic E-state index is 13.1. The first-order chi connectivity index (χ1) is 15.8. The highest BCUT2D eigenvalue weighted by molar-refractivity contribution is 7.89. The molecule has 1 atom stereocenters.